The average molecular weight is 426 g/mol. The highest BCUT2D eigenvalue weighted by atomic mass is 79.9. The summed E-state index contributed by atoms with van der Waals surface area (Å²) < 4.78 is 6.66. The van der Waals surface area contributed by atoms with Gasteiger partial charge >= 0.3 is 0 Å². The number of hydrogen-bond acceptors (Lipinski definition) is 4. The molecule has 2 rings (SSSR count). The number of nitrogens with zero attached hydrogens (tertiary/aromatic N) is 1. The molecule has 2 N–H and O–H groups in total. The molecule has 7 heteroatoms. The highest BCUT2D eigenvalue weighted by Gasteiger charge is 2.25. The zero-order chi connectivity index (χ0) is 19.1. The highest BCUT2D eigenvalue weighted by molar-refractivity contribution is 9.10. The molecule has 144 valence electrons. The first-order chi connectivity index (χ1) is 12.3. The number of benzene rings is 1. The molecule has 2 amide bonds. The van der Waals surface area contributed by atoms with Crippen molar-refractivity contribution >= 4 is 27.7 Å². The molecule has 6 nitrogen and oxygen atoms in total. The van der Waals surface area contributed by atoms with Crippen LogP contribution in [0.5, 0.6) is 0 Å². The van der Waals surface area contributed by atoms with Gasteiger partial charge in [-0.1, -0.05) is 15.9 Å². The molecule has 26 heavy (non-hydrogen) atoms. The van der Waals surface area contributed by atoms with Crippen LogP contribution in [0.3, 0.4) is 0 Å². The van der Waals surface area contributed by atoms with Crippen LogP contribution in [0.15, 0.2) is 28.7 Å². The van der Waals surface area contributed by atoms with E-state index in [0.717, 1.165) is 17.6 Å². The minimum Gasteiger partial charge on any atom is -0.373 e. The number of rotatable bonds is 7. The molecule has 0 aromatic heterocycles. The first-order valence-corrected chi connectivity index (χ1v) is 9.84. The number of carbonyl (C=O) groups excluding carboxylic acids is 2. The van der Waals surface area contributed by atoms with Crippen molar-refractivity contribution in [1.82, 2.24) is 15.5 Å². The lowest BCUT2D eigenvalue weighted by Crippen LogP contribution is -2.52. The third kappa shape index (κ3) is 6.70. The summed E-state index contributed by atoms with van der Waals surface area (Å²) in [4.78, 5) is 26.3. The lowest BCUT2D eigenvalue weighted by atomic mass is 10.1. The van der Waals surface area contributed by atoms with E-state index in [1.54, 1.807) is 12.1 Å². The van der Waals surface area contributed by atoms with Gasteiger partial charge in [0.15, 0.2) is 0 Å². The monoisotopic (exact) mass is 425 g/mol. The van der Waals surface area contributed by atoms with E-state index in [-0.39, 0.29) is 36.5 Å². The number of ether oxygens (including phenoxy) is 1. The summed E-state index contributed by atoms with van der Waals surface area (Å²) in [6, 6.07) is 7.37. The second kappa shape index (κ2) is 10.0. The van der Waals surface area contributed by atoms with E-state index in [1.807, 2.05) is 12.1 Å². The number of halogens is 1. The van der Waals surface area contributed by atoms with Gasteiger partial charge in [-0.15, -0.1) is 0 Å². The van der Waals surface area contributed by atoms with Gasteiger partial charge in [-0.25, -0.2) is 0 Å². The van der Waals surface area contributed by atoms with Crippen LogP contribution in [0, 0.1) is 0 Å². The summed E-state index contributed by atoms with van der Waals surface area (Å²) in [5.41, 5.74) is 0.581. The number of carbonyl (C=O) groups is 2. The smallest absolute Gasteiger partial charge is 0.251 e. The molecule has 0 radical (unpaired) electrons. The Balaban J connectivity index is 1.65. The molecule has 3 atom stereocenters. The predicted octanol–water partition coefficient (Wildman–Crippen LogP) is 2.18. The Bertz CT molecular complexity index is 599. The lowest BCUT2D eigenvalue weighted by Gasteiger charge is -2.39. The van der Waals surface area contributed by atoms with Gasteiger partial charge in [-0.2, -0.15) is 0 Å². The average Bonchev–Trinajstić information content (AvgIpc) is 2.59. The van der Waals surface area contributed by atoms with Crippen LogP contribution >= 0.6 is 15.9 Å². The van der Waals surface area contributed by atoms with Crippen LogP contribution in [0.2, 0.25) is 0 Å². The molecule has 3 unspecified atom stereocenters. The van der Waals surface area contributed by atoms with E-state index >= 15 is 0 Å². The van der Waals surface area contributed by atoms with Gasteiger partial charge in [0.1, 0.15) is 0 Å². The maximum absolute atomic E-state index is 12.0. The molecule has 1 aromatic rings. The van der Waals surface area contributed by atoms with E-state index in [4.69, 9.17) is 4.74 Å². The lowest BCUT2D eigenvalue weighted by molar-refractivity contribution is -0.121. The quantitative estimate of drug-likeness (QED) is 0.702. The van der Waals surface area contributed by atoms with E-state index in [0.29, 0.717) is 18.7 Å². The van der Waals surface area contributed by atoms with Crippen LogP contribution in [0.4, 0.5) is 0 Å². The Morgan fingerprint density at radius 1 is 1.19 bits per heavy atom. The van der Waals surface area contributed by atoms with Crippen LogP contribution in [-0.2, 0) is 9.53 Å². The van der Waals surface area contributed by atoms with E-state index in [1.165, 1.54) is 0 Å². The molecule has 0 spiro atoms. The van der Waals surface area contributed by atoms with Crippen molar-refractivity contribution in [3.8, 4) is 0 Å². The van der Waals surface area contributed by atoms with E-state index in [9.17, 15) is 9.59 Å². The second-order valence-corrected chi connectivity index (χ2v) is 7.79. The van der Waals surface area contributed by atoms with Crippen LogP contribution < -0.4 is 10.6 Å². The van der Waals surface area contributed by atoms with Crippen molar-refractivity contribution in [1.29, 1.82) is 0 Å². The van der Waals surface area contributed by atoms with Gasteiger partial charge in [-0.05, 0) is 45.0 Å². The largest absolute Gasteiger partial charge is 0.373 e. The molecule has 0 saturated carbocycles. The summed E-state index contributed by atoms with van der Waals surface area (Å²) in [6.07, 6.45) is 0.696. The second-order valence-electron chi connectivity index (χ2n) is 6.88. The minimum absolute atomic E-state index is 0.0534. The number of amides is 2. The van der Waals surface area contributed by atoms with Gasteiger partial charge in [-0.3, -0.25) is 14.5 Å². The molecular weight excluding hydrogens is 398 g/mol. The molecule has 1 heterocycles. The molecule has 1 fully saturated rings. The van der Waals surface area contributed by atoms with E-state index in [2.05, 4.69) is 52.2 Å². The van der Waals surface area contributed by atoms with Crippen LogP contribution in [0.1, 0.15) is 37.6 Å². The standard InChI is InChI=1S/C19H28BrN3O3/c1-13(23-11-14(2)26-15(3)12-23)10-22-18(24)8-9-21-19(25)16-4-6-17(20)7-5-16/h4-7,13-15H,8-12H2,1-3H3,(H,21,25)(H,22,24). The van der Waals surface area contributed by atoms with Crippen molar-refractivity contribution < 1.29 is 14.3 Å². The zero-order valence-corrected chi connectivity index (χ0v) is 17.2. The first-order valence-electron chi connectivity index (χ1n) is 9.05. The molecule has 1 aliphatic rings. The normalized spacial score (nSPS) is 21.8. The number of hydrogen-bond donors (Lipinski definition) is 2. The van der Waals surface area contributed by atoms with Gasteiger partial charge in [0.05, 0.1) is 12.2 Å². The molecular formula is C19H28BrN3O3. The zero-order valence-electron chi connectivity index (χ0n) is 15.6. The maximum atomic E-state index is 12.0. The Labute approximate surface area is 163 Å². The van der Waals surface area contributed by atoms with Crippen molar-refractivity contribution in [2.75, 3.05) is 26.2 Å². The number of morpholine rings is 1. The van der Waals surface area contributed by atoms with Crippen LogP contribution in [0.25, 0.3) is 0 Å². The van der Waals surface area contributed by atoms with Gasteiger partial charge in [0, 0.05) is 48.7 Å². The van der Waals surface area contributed by atoms with Gasteiger partial charge < -0.3 is 15.4 Å². The Hall–Kier alpha value is -1.44. The van der Waals surface area contributed by atoms with Gasteiger partial charge in [0.25, 0.3) is 5.91 Å². The fourth-order valence-corrected chi connectivity index (χ4v) is 3.31. The fraction of sp³-hybridized carbons (Fsp3) is 0.579. The van der Waals surface area contributed by atoms with Crippen LogP contribution in [-0.4, -0.2) is 61.1 Å². The van der Waals surface area contributed by atoms with Crippen molar-refractivity contribution in [2.45, 2.75) is 45.4 Å². The van der Waals surface area contributed by atoms with Crippen molar-refractivity contribution in [3.05, 3.63) is 34.3 Å². The third-order valence-corrected chi connectivity index (χ3v) is 4.94. The SMILES string of the molecule is CC1CN(C(C)CNC(=O)CCNC(=O)c2ccc(Br)cc2)CC(C)O1. The summed E-state index contributed by atoms with van der Waals surface area (Å²) in [5.74, 6) is -0.225. The molecule has 0 bridgehead atoms. The molecule has 0 aliphatic carbocycles. The Morgan fingerprint density at radius 2 is 1.81 bits per heavy atom. The number of nitrogens with one attached hydrogen (secondary N) is 2. The summed E-state index contributed by atoms with van der Waals surface area (Å²) in [7, 11) is 0. The van der Waals surface area contributed by atoms with E-state index < -0.39 is 0 Å². The summed E-state index contributed by atoms with van der Waals surface area (Å²) in [6.45, 7) is 8.93. The minimum atomic E-state index is -0.171. The molecule has 1 aliphatic heterocycles. The van der Waals surface area contributed by atoms with Gasteiger partial charge in [0.2, 0.25) is 5.91 Å². The topological polar surface area (TPSA) is 70.7 Å². The van der Waals surface area contributed by atoms with Crippen molar-refractivity contribution in [3.63, 3.8) is 0 Å². The highest BCUT2D eigenvalue weighted by Crippen LogP contribution is 2.13. The first kappa shape index (κ1) is 20.9. The summed E-state index contributed by atoms with van der Waals surface area (Å²) >= 11 is 3.34. The Kier molecular flexibility index (Phi) is 8.06. The molecule has 1 saturated heterocycles. The maximum Gasteiger partial charge on any atom is 0.251 e. The Morgan fingerprint density at radius 3 is 2.42 bits per heavy atom. The fourth-order valence-electron chi connectivity index (χ4n) is 3.05. The van der Waals surface area contributed by atoms with Crippen molar-refractivity contribution in [2.24, 2.45) is 0 Å². The third-order valence-electron chi connectivity index (χ3n) is 4.41. The predicted molar refractivity (Wildman–Crippen MR) is 105 cm³/mol. The summed E-state index contributed by atoms with van der Waals surface area (Å²) in [5, 5.41) is 5.72. The molecule has 1 aromatic carbocycles.